The summed E-state index contributed by atoms with van der Waals surface area (Å²) in [5, 5.41) is 11.1. The molecule has 0 fully saturated rings. The van der Waals surface area contributed by atoms with E-state index >= 15 is 0 Å². The van der Waals surface area contributed by atoms with Crippen LogP contribution in [0, 0.1) is 0 Å². The lowest BCUT2D eigenvalue weighted by molar-refractivity contribution is -0.175. The predicted molar refractivity (Wildman–Crippen MR) is 67.6 cm³/mol. The summed E-state index contributed by atoms with van der Waals surface area (Å²) in [6.07, 6.45) is -3.85. The molecule has 1 atom stereocenters. The Hall–Kier alpha value is -2.51. The van der Waals surface area contributed by atoms with Crippen molar-refractivity contribution in [3.8, 4) is 0 Å². The first-order valence-electron chi connectivity index (χ1n) is 5.94. The summed E-state index contributed by atoms with van der Waals surface area (Å²) >= 11 is 0. The average Bonchev–Trinajstić information content (AvgIpc) is 2.80. The predicted octanol–water partition coefficient (Wildman–Crippen LogP) is 1.84. The Bertz CT molecular complexity index is 679. The van der Waals surface area contributed by atoms with E-state index in [4.69, 9.17) is 5.11 Å². The quantitative estimate of drug-likeness (QED) is 0.806. The second-order valence-electron chi connectivity index (χ2n) is 4.43. The van der Waals surface area contributed by atoms with E-state index in [-0.39, 0.29) is 6.42 Å². The zero-order chi connectivity index (χ0) is 15.6. The Morgan fingerprint density at radius 2 is 1.95 bits per heavy atom. The Labute approximate surface area is 116 Å². The van der Waals surface area contributed by atoms with Crippen LogP contribution in [0.1, 0.15) is 5.56 Å². The summed E-state index contributed by atoms with van der Waals surface area (Å²) in [6, 6.07) is 5.31. The number of para-hydroxylation sites is 1. The van der Waals surface area contributed by atoms with Crippen LogP contribution < -0.4 is 5.32 Å². The molecule has 3 N–H and O–H groups in total. The van der Waals surface area contributed by atoms with Gasteiger partial charge in [-0.15, -0.1) is 0 Å². The summed E-state index contributed by atoms with van der Waals surface area (Å²) < 4.78 is 36.6. The number of carbonyl (C=O) groups is 2. The molecule has 5 nitrogen and oxygen atoms in total. The molecule has 112 valence electrons. The van der Waals surface area contributed by atoms with Gasteiger partial charge in [0, 0.05) is 23.5 Å². The van der Waals surface area contributed by atoms with Gasteiger partial charge in [-0.1, -0.05) is 18.2 Å². The molecular formula is C13H11F3N2O3. The van der Waals surface area contributed by atoms with Crippen molar-refractivity contribution in [1.29, 1.82) is 0 Å². The molecule has 2 aromatic rings. The van der Waals surface area contributed by atoms with E-state index in [0.29, 0.717) is 10.9 Å². The van der Waals surface area contributed by atoms with Gasteiger partial charge in [0.2, 0.25) is 0 Å². The summed E-state index contributed by atoms with van der Waals surface area (Å²) in [5.41, 5.74) is 1.25. The van der Waals surface area contributed by atoms with E-state index in [2.05, 4.69) is 4.98 Å². The summed E-state index contributed by atoms with van der Waals surface area (Å²) in [6.45, 7) is 0. The number of fused-ring (bicyclic) bond motifs is 1. The van der Waals surface area contributed by atoms with Gasteiger partial charge in [0.15, 0.2) is 0 Å². The minimum Gasteiger partial charge on any atom is -0.480 e. The smallest absolute Gasteiger partial charge is 0.471 e. The number of aromatic amines is 1. The standard InChI is InChI=1S/C13H11F3N2O3/c14-13(15,16)12(21)18-10(11(19)20)5-7-6-17-9-4-2-1-3-8(7)9/h1-4,6,10,17H,5H2,(H,18,21)(H,19,20). The molecule has 0 saturated carbocycles. The van der Waals surface area contributed by atoms with Crippen LogP contribution in [-0.4, -0.2) is 34.2 Å². The molecule has 0 bridgehead atoms. The fourth-order valence-corrected chi connectivity index (χ4v) is 1.96. The number of carbonyl (C=O) groups excluding carboxylic acids is 1. The Morgan fingerprint density at radius 1 is 1.29 bits per heavy atom. The van der Waals surface area contributed by atoms with Crippen molar-refractivity contribution in [2.75, 3.05) is 0 Å². The molecule has 0 aliphatic carbocycles. The van der Waals surface area contributed by atoms with Crippen molar-refractivity contribution in [3.63, 3.8) is 0 Å². The van der Waals surface area contributed by atoms with E-state index < -0.39 is 24.1 Å². The van der Waals surface area contributed by atoms with Crippen molar-refractivity contribution in [1.82, 2.24) is 10.3 Å². The van der Waals surface area contributed by atoms with Crippen LogP contribution in [0.3, 0.4) is 0 Å². The van der Waals surface area contributed by atoms with Gasteiger partial charge < -0.3 is 15.4 Å². The first-order valence-corrected chi connectivity index (χ1v) is 5.94. The van der Waals surface area contributed by atoms with Crippen molar-refractivity contribution in [2.45, 2.75) is 18.6 Å². The molecule has 0 radical (unpaired) electrons. The third-order valence-corrected chi connectivity index (χ3v) is 2.96. The molecule has 1 unspecified atom stereocenters. The average molecular weight is 300 g/mol. The zero-order valence-electron chi connectivity index (χ0n) is 10.6. The van der Waals surface area contributed by atoms with Gasteiger partial charge in [0.1, 0.15) is 6.04 Å². The number of aromatic nitrogens is 1. The third kappa shape index (κ3) is 3.33. The zero-order valence-corrected chi connectivity index (χ0v) is 10.6. The molecule has 21 heavy (non-hydrogen) atoms. The topological polar surface area (TPSA) is 82.2 Å². The number of H-pyrrole nitrogens is 1. The molecule has 8 heteroatoms. The number of hydrogen-bond donors (Lipinski definition) is 3. The van der Waals surface area contributed by atoms with Gasteiger partial charge in [-0.3, -0.25) is 4.79 Å². The fraction of sp³-hybridized carbons (Fsp3) is 0.231. The maximum absolute atomic E-state index is 12.2. The number of alkyl halides is 3. The van der Waals surface area contributed by atoms with Crippen LogP contribution >= 0.6 is 0 Å². The number of aliphatic carboxylic acids is 1. The molecule has 1 heterocycles. The van der Waals surface area contributed by atoms with Gasteiger partial charge in [0.25, 0.3) is 0 Å². The van der Waals surface area contributed by atoms with Gasteiger partial charge in [-0.2, -0.15) is 13.2 Å². The van der Waals surface area contributed by atoms with Crippen LogP contribution in [0.2, 0.25) is 0 Å². The number of nitrogens with one attached hydrogen (secondary N) is 2. The Balaban J connectivity index is 2.21. The minimum absolute atomic E-state index is 0.249. The van der Waals surface area contributed by atoms with E-state index in [1.807, 2.05) is 0 Å². The summed E-state index contributed by atoms with van der Waals surface area (Å²) in [7, 11) is 0. The van der Waals surface area contributed by atoms with E-state index in [9.17, 15) is 22.8 Å². The van der Waals surface area contributed by atoms with Crippen LogP contribution in [0.25, 0.3) is 10.9 Å². The monoisotopic (exact) mass is 300 g/mol. The molecule has 0 aliphatic heterocycles. The number of benzene rings is 1. The van der Waals surface area contributed by atoms with Gasteiger partial charge >= 0.3 is 18.1 Å². The molecule has 1 amide bonds. The largest absolute Gasteiger partial charge is 0.480 e. The maximum Gasteiger partial charge on any atom is 0.471 e. The molecule has 1 aromatic carbocycles. The van der Waals surface area contributed by atoms with Crippen LogP contribution in [0.15, 0.2) is 30.5 Å². The van der Waals surface area contributed by atoms with Crippen LogP contribution in [-0.2, 0) is 16.0 Å². The van der Waals surface area contributed by atoms with Crippen LogP contribution in [0.5, 0.6) is 0 Å². The minimum atomic E-state index is -5.12. The molecule has 1 aromatic heterocycles. The number of hydrogen-bond acceptors (Lipinski definition) is 2. The number of amides is 1. The molecule has 0 aliphatic rings. The molecule has 2 rings (SSSR count). The normalized spacial score (nSPS) is 13.1. The van der Waals surface area contributed by atoms with Gasteiger partial charge in [0.05, 0.1) is 0 Å². The van der Waals surface area contributed by atoms with Crippen molar-refractivity contribution in [2.24, 2.45) is 0 Å². The third-order valence-electron chi connectivity index (χ3n) is 2.96. The highest BCUT2D eigenvalue weighted by molar-refractivity contribution is 5.88. The number of rotatable bonds is 4. The van der Waals surface area contributed by atoms with Crippen molar-refractivity contribution in [3.05, 3.63) is 36.0 Å². The summed E-state index contributed by atoms with van der Waals surface area (Å²) in [5.74, 6) is -3.80. The molecular weight excluding hydrogens is 289 g/mol. The second kappa shape index (κ2) is 5.47. The first kappa shape index (κ1) is 14.9. The number of carboxylic acids is 1. The Morgan fingerprint density at radius 3 is 2.57 bits per heavy atom. The number of carboxylic acid groups (broad SMARTS) is 1. The highest BCUT2D eigenvalue weighted by Gasteiger charge is 2.40. The van der Waals surface area contributed by atoms with E-state index in [1.165, 1.54) is 11.5 Å². The molecule has 0 spiro atoms. The van der Waals surface area contributed by atoms with E-state index in [1.54, 1.807) is 24.3 Å². The maximum atomic E-state index is 12.2. The lowest BCUT2D eigenvalue weighted by Gasteiger charge is -2.15. The highest BCUT2D eigenvalue weighted by atomic mass is 19.4. The fourth-order valence-electron chi connectivity index (χ4n) is 1.96. The first-order chi connectivity index (χ1) is 9.79. The Kier molecular flexibility index (Phi) is 3.88. The van der Waals surface area contributed by atoms with Crippen molar-refractivity contribution >= 4 is 22.8 Å². The highest BCUT2D eigenvalue weighted by Crippen LogP contribution is 2.20. The summed E-state index contributed by atoms with van der Waals surface area (Å²) in [4.78, 5) is 24.8. The van der Waals surface area contributed by atoms with Gasteiger partial charge in [-0.05, 0) is 11.6 Å². The van der Waals surface area contributed by atoms with E-state index in [0.717, 1.165) is 5.52 Å². The van der Waals surface area contributed by atoms with Gasteiger partial charge in [-0.25, -0.2) is 4.79 Å². The van der Waals surface area contributed by atoms with Crippen molar-refractivity contribution < 1.29 is 27.9 Å². The lowest BCUT2D eigenvalue weighted by atomic mass is 10.0. The SMILES string of the molecule is O=C(O)C(Cc1c[nH]c2ccccc12)NC(=O)C(F)(F)F. The second-order valence-corrected chi connectivity index (χ2v) is 4.43. The molecule has 0 saturated heterocycles. The lowest BCUT2D eigenvalue weighted by Crippen LogP contribution is -2.47. The number of halogens is 3. The van der Waals surface area contributed by atoms with Crippen LogP contribution in [0.4, 0.5) is 13.2 Å².